The number of para-hydroxylation sites is 1. The van der Waals surface area contributed by atoms with Gasteiger partial charge in [-0.3, -0.25) is 0 Å². The molecule has 2 aliphatic heterocycles. The van der Waals surface area contributed by atoms with Crippen LogP contribution in [0.25, 0.3) is 0 Å². The highest BCUT2D eigenvalue weighted by molar-refractivity contribution is 7.99. The van der Waals surface area contributed by atoms with Gasteiger partial charge < -0.3 is 9.80 Å². The molecule has 0 saturated carbocycles. The minimum absolute atomic E-state index is 0.748. The van der Waals surface area contributed by atoms with Gasteiger partial charge in [0.1, 0.15) is 0 Å². The lowest BCUT2D eigenvalue weighted by Crippen LogP contribution is -2.38. The highest BCUT2D eigenvalue weighted by Crippen LogP contribution is 2.48. The summed E-state index contributed by atoms with van der Waals surface area (Å²) < 4.78 is 0. The van der Waals surface area contributed by atoms with Crippen LogP contribution in [0.3, 0.4) is 0 Å². The number of fused-ring (bicyclic) bond motifs is 2. The second-order valence-corrected chi connectivity index (χ2v) is 8.19. The van der Waals surface area contributed by atoms with E-state index in [1.807, 2.05) is 11.8 Å². The van der Waals surface area contributed by atoms with E-state index in [-0.39, 0.29) is 0 Å². The average molecular weight is 339 g/mol. The Hall–Kier alpha value is -1.45. The molecule has 4 rings (SSSR count). The number of benzene rings is 2. The van der Waals surface area contributed by atoms with E-state index < -0.39 is 0 Å². The Labute approximate surface area is 149 Å². The molecule has 126 valence electrons. The summed E-state index contributed by atoms with van der Waals surface area (Å²) in [6.45, 7) is 5.84. The normalized spacial score (nSPS) is 20.6. The van der Waals surface area contributed by atoms with Gasteiger partial charge in [0, 0.05) is 22.9 Å². The largest absolute Gasteiger partial charge is 0.339 e. The van der Waals surface area contributed by atoms with E-state index in [4.69, 9.17) is 0 Å². The number of anilines is 2. The topological polar surface area (TPSA) is 6.48 Å². The smallest absolute Gasteiger partial charge is 0.0555 e. The number of nitrogens with zero attached hydrogens (tertiary/aromatic N) is 2. The first-order valence-electron chi connectivity index (χ1n) is 9.10. The fraction of sp³-hybridized carbons (Fsp3) is 0.429. The van der Waals surface area contributed by atoms with E-state index in [0.29, 0.717) is 0 Å². The summed E-state index contributed by atoms with van der Waals surface area (Å²) in [5, 5.41) is 0. The van der Waals surface area contributed by atoms with Crippen LogP contribution in [0.2, 0.25) is 0 Å². The lowest BCUT2D eigenvalue weighted by Gasteiger charge is -2.38. The highest BCUT2D eigenvalue weighted by atomic mass is 32.2. The number of aryl methyl sites for hydroxylation is 1. The van der Waals surface area contributed by atoms with Crippen molar-refractivity contribution in [2.45, 2.75) is 36.0 Å². The van der Waals surface area contributed by atoms with Gasteiger partial charge in [0.15, 0.2) is 0 Å². The predicted molar refractivity (Wildman–Crippen MR) is 104 cm³/mol. The summed E-state index contributed by atoms with van der Waals surface area (Å²) in [4.78, 5) is 7.86. The van der Waals surface area contributed by atoms with Gasteiger partial charge in [0.2, 0.25) is 0 Å². The molecule has 2 nitrogen and oxygen atoms in total. The van der Waals surface area contributed by atoms with Gasteiger partial charge in [-0.15, -0.1) is 0 Å². The van der Waals surface area contributed by atoms with Crippen LogP contribution in [0.15, 0.2) is 52.3 Å². The fourth-order valence-electron chi connectivity index (χ4n) is 3.97. The van der Waals surface area contributed by atoms with Crippen LogP contribution in [0.1, 0.15) is 25.3 Å². The van der Waals surface area contributed by atoms with Crippen LogP contribution < -0.4 is 4.90 Å². The van der Waals surface area contributed by atoms with Crippen molar-refractivity contribution >= 4 is 23.1 Å². The Bertz CT molecular complexity index is 728. The van der Waals surface area contributed by atoms with E-state index in [1.54, 1.807) is 0 Å². The van der Waals surface area contributed by atoms with Crippen molar-refractivity contribution in [2.75, 3.05) is 31.6 Å². The molecular formula is C21H26N2S. The summed E-state index contributed by atoms with van der Waals surface area (Å²) in [6.07, 6.45) is 3.77. The average Bonchev–Trinajstić information content (AvgIpc) is 2.61. The number of piperidine rings is 1. The van der Waals surface area contributed by atoms with E-state index in [1.165, 1.54) is 52.7 Å². The van der Waals surface area contributed by atoms with Crippen LogP contribution >= 0.6 is 11.8 Å². The van der Waals surface area contributed by atoms with Crippen LogP contribution in [-0.4, -0.2) is 31.6 Å². The maximum atomic E-state index is 2.59. The van der Waals surface area contributed by atoms with Crippen molar-refractivity contribution in [3.63, 3.8) is 0 Å². The molecule has 0 spiro atoms. The van der Waals surface area contributed by atoms with Crippen molar-refractivity contribution < 1.29 is 0 Å². The molecule has 0 bridgehead atoms. The molecule has 0 amide bonds. The Morgan fingerprint density at radius 2 is 1.92 bits per heavy atom. The molecule has 3 heteroatoms. The van der Waals surface area contributed by atoms with E-state index in [0.717, 1.165) is 18.9 Å². The number of likely N-dealkylation sites (tertiary alicyclic amines) is 1. The Balaban J connectivity index is 1.71. The number of rotatable bonds is 3. The SMILES string of the molecule is CCc1ccc2c(c1)N(CC1CCCN(C)C1)c1ccccc1S2. The molecule has 1 unspecified atom stereocenters. The fourth-order valence-corrected chi connectivity index (χ4v) is 5.05. The summed E-state index contributed by atoms with van der Waals surface area (Å²) in [5.41, 5.74) is 4.22. The van der Waals surface area contributed by atoms with Crippen LogP contribution in [0.4, 0.5) is 11.4 Å². The van der Waals surface area contributed by atoms with Crippen molar-refractivity contribution in [2.24, 2.45) is 5.92 Å². The van der Waals surface area contributed by atoms with Gasteiger partial charge in [0.05, 0.1) is 11.4 Å². The first-order valence-corrected chi connectivity index (χ1v) is 9.92. The van der Waals surface area contributed by atoms with Crippen molar-refractivity contribution in [3.05, 3.63) is 48.0 Å². The molecule has 2 aliphatic rings. The third-order valence-electron chi connectivity index (χ3n) is 5.26. The van der Waals surface area contributed by atoms with Gasteiger partial charge in [-0.05, 0) is 68.6 Å². The third kappa shape index (κ3) is 3.07. The quantitative estimate of drug-likeness (QED) is 0.760. The van der Waals surface area contributed by atoms with Gasteiger partial charge in [-0.2, -0.15) is 0 Å². The first kappa shape index (κ1) is 16.0. The Morgan fingerprint density at radius 1 is 1.08 bits per heavy atom. The molecule has 0 radical (unpaired) electrons. The molecule has 0 aliphatic carbocycles. The van der Waals surface area contributed by atoms with Crippen molar-refractivity contribution in [1.82, 2.24) is 4.90 Å². The summed E-state index contributed by atoms with van der Waals surface area (Å²) in [6, 6.07) is 15.9. The molecule has 2 aromatic carbocycles. The maximum Gasteiger partial charge on any atom is 0.0555 e. The van der Waals surface area contributed by atoms with Gasteiger partial charge in [-0.25, -0.2) is 0 Å². The molecule has 1 fully saturated rings. The Kier molecular flexibility index (Phi) is 4.55. The lowest BCUT2D eigenvalue weighted by atomic mass is 9.97. The first-order chi connectivity index (χ1) is 11.7. The third-order valence-corrected chi connectivity index (χ3v) is 6.39. The van der Waals surface area contributed by atoms with Crippen molar-refractivity contribution in [3.8, 4) is 0 Å². The van der Waals surface area contributed by atoms with Gasteiger partial charge in [-0.1, -0.05) is 36.9 Å². The van der Waals surface area contributed by atoms with E-state index in [9.17, 15) is 0 Å². The van der Waals surface area contributed by atoms with Crippen LogP contribution in [0.5, 0.6) is 0 Å². The maximum absolute atomic E-state index is 2.59. The van der Waals surface area contributed by atoms with Gasteiger partial charge in [0.25, 0.3) is 0 Å². The molecule has 2 aromatic rings. The zero-order chi connectivity index (χ0) is 16.5. The lowest BCUT2D eigenvalue weighted by molar-refractivity contribution is 0.214. The van der Waals surface area contributed by atoms with Crippen LogP contribution in [0, 0.1) is 5.92 Å². The predicted octanol–water partition coefficient (Wildman–Crippen LogP) is 5.19. The summed E-state index contributed by atoms with van der Waals surface area (Å²) in [5.74, 6) is 0.748. The van der Waals surface area contributed by atoms with E-state index >= 15 is 0 Å². The van der Waals surface area contributed by atoms with E-state index in [2.05, 4.69) is 66.2 Å². The summed E-state index contributed by atoms with van der Waals surface area (Å²) >= 11 is 1.92. The number of hydrogen-bond acceptors (Lipinski definition) is 3. The molecule has 2 heterocycles. The molecule has 0 aromatic heterocycles. The second-order valence-electron chi connectivity index (χ2n) is 7.11. The molecular weight excluding hydrogens is 312 g/mol. The molecule has 1 atom stereocenters. The zero-order valence-corrected chi connectivity index (χ0v) is 15.5. The standard InChI is InChI=1S/C21H26N2S/c1-3-16-10-11-21-19(13-16)23(15-17-7-6-12-22(2)14-17)18-8-4-5-9-20(18)24-21/h4-5,8-11,13,17H,3,6-7,12,14-15H2,1-2H3. The highest BCUT2D eigenvalue weighted by Gasteiger charge is 2.27. The number of hydrogen-bond donors (Lipinski definition) is 0. The van der Waals surface area contributed by atoms with Crippen LogP contribution in [-0.2, 0) is 6.42 Å². The van der Waals surface area contributed by atoms with Crippen molar-refractivity contribution in [1.29, 1.82) is 0 Å². The molecule has 24 heavy (non-hydrogen) atoms. The second kappa shape index (κ2) is 6.81. The zero-order valence-electron chi connectivity index (χ0n) is 14.7. The monoisotopic (exact) mass is 338 g/mol. The van der Waals surface area contributed by atoms with Gasteiger partial charge >= 0.3 is 0 Å². The Morgan fingerprint density at radius 3 is 2.75 bits per heavy atom. The minimum atomic E-state index is 0.748. The minimum Gasteiger partial charge on any atom is -0.339 e. The molecule has 1 saturated heterocycles. The molecule has 0 N–H and O–H groups in total. The summed E-state index contributed by atoms with van der Waals surface area (Å²) in [7, 11) is 2.26.